The van der Waals surface area contributed by atoms with Crippen LogP contribution in [0.3, 0.4) is 0 Å². The highest BCUT2D eigenvalue weighted by Crippen LogP contribution is 2.18. The van der Waals surface area contributed by atoms with Crippen LogP contribution in [0.5, 0.6) is 11.5 Å². The summed E-state index contributed by atoms with van der Waals surface area (Å²) in [6.07, 6.45) is 0. The summed E-state index contributed by atoms with van der Waals surface area (Å²) in [7, 11) is 1.01. The van der Waals surface area contributed by atoms with Crippen LogP contribution in [0.4, 0.5) is 5.69 Å². The molecule has 0 atom stereocenters. The Morgan fingerprint density at radius 3 is 2.08 bits per heavy atom. The van der Waals surface area contributed by atoms with Crippen LogP contribution in [0.2, 0.25) is 0 Å². The highest BCUT2D eigenvalue weighted by Gasteiger charge is 2.16. The zero-order valence-electron chi connectivity index (χ0n) is 14.2. The van der Waals surface area contributed by atoms with Gasteiger partial charge in [-0.1, -0.05) is 0 Å². The Labute approximate surface area is 147 Å². The molecule has 0 radical (unpaired) electrons. The molecule has 25 heavy (non-hydrogen) atoms. The summed E-state index contributed by atoms with van der Waals surface area (Å²) in [5, 5.41) is 2.69. The van der Waals surface area contributed by atoms with Gasteiger partial charge in [0.15, 0.2) is 6.61 Å². The van der Waals surface area contributed by atoms with Gasteiger partial charge in [0.1, 0.15) is 11.5 Å². The van der Waals surface area contributed by atoms with E-state index in [1.807, 2.05) is 0 Å². The molecule has 0 bridgehead atoms. The summed E-state index contributed by atoms with van der Waals surface area (Å²) in [4.78, 5) is 12.0. The number of benzene rings is 2. The van der Waals surface area contributed by atoms with Crippen molar-refractivity contribution in [2.45, 2.75) is 4.90 Å². The molecule has 0 aromatic heterocycles. The van der Waals surface area contributed by atoms with E-state index in [1.54, 1.807) is 31.4 Å². The molecule has 7 nitrogen and oxygen atoms in total. The molecule has 0 aliphatic heterocycles. The van der Waals surface area contributed by atoms with Gasteiger partial charge in [-0.25, -0.2) is 12.7 Å². The third kappa shape index (κ3) is 4.94. The summed E-state index contributed by atoms with van der Waals surface area (Å²) in [5.74, 6) is 0.778. The summed E-state index contributed by atoms with van der Waals surface area (Å²) in [6.45, 7) is -0.189. The van der Waals surface area contributed by atoms with Crippen molar-refractivity contribution in [1.29, 1.82) is 0 Å². The van der Waals surface area contributed by atoms with E-state index < -0.39 is 10.0 Å². The van der Waals surface area contributed by atoms with E-state index in [-0.39, 0.29) is 17.4 Å². The number of hydrogen-bond donors (Lipinski definition) is 1. The second-order valence-electron chi connectivity index (χ2n) is 5.32. The molecule has 1 N–H and O–H groups in total. The number of amides is 1. The lowest BCUT2D eigenvalue weighted by Gasteiger charge is -2.12. The van der Waals surface area contributed by atoms with E-state index in [2.05, 4.69) is 5.32 Å². The number of carbonyl (C=O) groups is 1. The maximum atomic E-state index is 12.0. The fourth-order valence-electron chi connectivity index (χ4n) is 1.94. The number of hydrogen-bond acceptors (Lipinski definition) is 5. The third-order valence-electron chi connectivity index (χ3n) is 3.35. The summed E-state index contributed by atoms with van der Waals surface area (Å²) in [6, 6.07) is 12.8. The molecular weight excluding hydrogens is 344 g/mol. The lowest BCUT2D eigenvalue weighted by atomic mass is 10.3. The number of methoxy groups -OCH3 is 1. The monoisotopic (exact) mass is 364 g/mol. The minimum Gasteiger partial charge on any atom is -0.497 e. The van der Waals surface area contributed by atoms with Crippen molar-refractivity contribution in [3.8, 4) is 11.5 Å². The van der Waals surface area contributed by atoms with Gasteiger partial charge >= 0.3 is 0 Å². The van der Waals surface area contributed by atoms with Crippen LogP contribution < -0.4 is 14.8 Å². The number of ether oxygens (including phenoxy) is 2. The summed E-state index contributed by atoms with van der Waals surface area (Å²) in [5.41, 5.74) is 0.627. The second kappa shape index (κ2) is 8.00. The summed E-state index contributed by atoms with van der Waals surface area (Å²) < 4.78 is 35.5. The maximum absolute atomic E-state index is 12.0. The number of rotatable bonds is 7. The molecule has 134 valence electrons. The van der Waals surface area contributed by atoms with E-state index >= 15 is 0 Å². The molecule has 0 saturated heterocycles. The van der Waals surface area contributed by atoms with Gasteiger partial charge in [-0.2, -0.15) is 0 Å². The predicted octanol–water partition coefficient (Wildman–Crippen LogP) is 1.96. The van der Waals surface area contributed by atoms with Crippen molar-refractivity contribution in [3.05, 3.63) is 48.5 Å². The van der Waals surface area contributed by atoms with E-state index in [0.717, 1.165) is 4.31 Å². The first-order chi connectivity index (χ1) is 11.8. The average molecular weight is 364 g/mol. The van der Waals surface area contributed by atoms with Crippen LogP contribution in [-0.2, 0) is 14.8 Å². The largest absolute Gasteiger partial charge is 0.497 e. The number of nitrogens with zero attached hydrogens (tertiary/aromatic N) is 1. The molecule has 8 heteroatoms. The molecule has 0 aliphatic rings. The second-order valence-corrected chi connectivity index (χ2v) is 7.48. The molecule has 0 saturated carbocycles. The van der Waals surface area contributed by atoms with Gasteiger partial charge in [-0.05, 0) is 48.5 Å². The number of carbonyl (C=O) groups excluding carboxylic acids is 1. The molecule has 2 aromatic carbocycles. The first-order valence-electron chi connectivity index (χ1n) is 7.42. The smallest absolute Gasteiger partial charge is 0.262 e. The van der Waals surface area contributed by atoms with E-state index in [4.69, 9.17) is 9.47 Å². The Balaban J connectivity index is 1.91. The average Bonchev–Trinajstić information content (AvgIpc) is 2.61. The fourth-order valence-corrected chi connectivity index (χ4v) is 2.84. The zero-order chi connectivity index (χ0) is 18.4. The van der Waals surface area contributed by atoms with E-state index in [9.17, 15) is 13.2 Å². The Kier molecular flexibility index (Phi) is 6.00. The first-order valence-corrected chi connectivity index (χ1v) is 8.86. The van der Waals surface area contributed by atoms with Gasteiger partial charge in [0.05, 0.1) is 12.0 Å². The lowest BCUT2D eigenvalue weighted by Crippen LogP contribution is -2.22. The quantitative estimate of drug-likeness (QED) is 0.812. The van der Waals surface area contributed by atoms with Crippen molar-refractivity contribution < 1.29 is 22.7 Å². The van der Waals surface area contributed by atoms with Crippen LogP contribution in [0.15, 0.2) is 53.4 Å². The van der Waals surface area contributed by atoms with Crippen molar-refractivity contribution in [1.82, 2.24) is 4.31 Å². The molecule has 0 fully saturated rings. The zero-order valence-corrected chi connectivity index (χ0v) is 15.0. The Bertz CT molecular complexity index is 815. The van der Waals surface area contributed by atoms with Gasteiger partial charge in [0.2, 0.25) is 10.0 Å². The Morgan fingerprint density at radius 1 is 1.00 bits per heavy atom. The molecule has 2 aromatic rings. The standard InChI is InChI=1S/C17H20N2O5S/c1-19(2)25(21,22)16-10-8-15(9-11-16)24-12-17(20)18-13-4-6-14(23-3)7-5-13/h4-11H,12H2,1-3H3,(H,18,20). The molecule has 0 spiro atoms. The topological polar surface area (TPSA) is 84.9 Å². The van der Waals surface area contributed by atoms with Gasteiger partial charge in [-0.3, -0.25) is 4.79 Å². The van der Waals surface area contributed by atoms with Crippen LogP contribution in [0.1, 0.15) is 0 Å². The molecule has 0 unspecified atom stereocenters. The summed E-state index contributed by atoms with van der Waals surface area (Å²) >= 11 is 0. The van der Waals surface area contributed by atoms with Gasteiger partial charge in [0, 0.05) is 19.8 Å². The van der Waals surface area contributed by atoms with Crippen LogP contribution >= 0.6 is 0 Å². The molecular formula is C17H20N2O5S. The Morgan fingerprint density at radius 2 is 1.56 bits per heavy atom. The highest BCUT2D eigenvalue weighted by molar-refractivity contribution is 7.89. The highest BCUT2D eigenvalue weighted by atomic mass is 32.2. The minimum absolute atomic E-state index is 0.160. The van der Waals surface area contributed by atoms with Crippen molar-refractivity contribution in [2.75, 3.05) is 33.1 Å². The van der Waals surface area contributed by atoms with Gasteiger partial charge in [-0.15, -0.1) is 0 Å². The number of sulfonamides is 1. The van der Waals surface area contributed by atoms with Crippen molar-refractivity contribution >= 4 is 21.6 Å². The van der Waals surface area contributed by atoms with Crippen LogP contribution in [0, 0.1) is 0 Å². The van der Waals surface area contributed by atoms with Crippen molar-refractivity contribution in [3.63, 3.8) is 0 Å². The maximum Gasteiger partial charge on any atom is 0.262 e. The fraction of sp³-hybridized carbons (Fsp3) is 0.235. The van der Waals surface area contributed by atoms with Crippen molar-refractivity contribution in [2.24, 2.45) is 0 Å². The minimum atomic E-state index is -3.48. The third-order valence-corrected chi connectivity index (χ3v) is 5.18. The van der Waals surface area contributed by atoms with Crippen LogP contribution in [-0.4, -0.2) is 46.4 Å². The normalized spacial score (nSPS) is 11.2. The Hall–Kier alpha value is -2.58. The number of anilines is 1. The van der Waals surface area contributed by atoms with Crippen LogP contribution in [0.25, 0.3) is 0 Å². The predicted molar refractivity (Wildman–Crippen MR) is 94.4 cm³/mol. The van der Waals surface area contributed by atoms with Gasteiger partial charge < -0.3 is 14.8 Å². The molecule has 0 heterocycles. The lowest BCUT2D eigenvalue weighted by molar-refractivity contribution is -0.118. The SMILES string of the molecule is COc1ccc(NC(=O)COc2ccc(S(=O)(=O)N(C)C)cc2)cc1. The molecule has 0 aliphatic carbocycles. The van der Waals surface area contributed by atoms with E-state index in [0.29, 0.717) is 17.2 Å². The first kappa shape index (κ1) is 18.8. The molecule has 2 rings (SSSR count). The van der Waals surface area contributed by atoms with Gasteiger partial charge in [0.25, 0.3) is 5.91 Å². The van der Waals surface area contributed by atoms with E-state index in [1.165, 1.54) is 38.4 Å². The number of nitrogens with one attached hydrogen (secondary N) is 1. The molecule has 1 amide bonds.